The van der Waals surface area contributed by atoms with Crippen LogP contribution in [0.4, 0.5) is 0 Å². The molecule has 0 amide bonds. The second kappa shape index (κ2) is 5.98. The molecule has 0 aliphatic carbocycles. The quantitative estimate of drug-likeness (QED) is 0.619. The minimum Gasteiger partial charge on any atom is -0.468 e. The smallest absolute Gasteiger partial charge is 0.319 e. The van der Waals surface area contributed by atoms with E-state index in [2.05, 4.69) is 23.9 Å². The Morgan fingerprint density at radius 3 is 2.57 bits per heavy atom. The number of methoxy groups -OCH3 is 1. The van der Waals surface area contributed by atoms with Crippen LogP contribution in [-0.2, 0) is 9.53 Å². The minimum absolute atomic E-state index is 0.144. The summed E-state index contributed by atoms with van der Waals surface area (Å²) in [5, 5.41) is 12.7. The number of hydrogen-bond donors (Lipinski definition) is 2. The van der Waals surface area contributed by atoms with Gasteiger partial charge in [-0.1, -0.05) is 13.8 Å². The molecule has 0 saturated heterocycles. The van der Waals surface area contributed by atoms with Gasteiger partial charge in [-0.25, -0.2) is 0 Å². The van der Waals surface area contributed by atoms with Crippen molar-refractivity contribution in [1.82, 2.24) is 5.32 Å². The van der Waals surface area contributed by atoms with E-state index in [1.165, 1.54) is 7.11 Å². The maximum absolute atomic E-state index is 10.8. The van der Waals surface area contributed by atoms with Crippen molar-refractivity contribution in [3.63, 3.8) is 0 Å². The lowest BCUT2D eigenvalue weighted by molar-refractivity contribution is -0.139. The average molecular weight is 203 g/mol. The summed E-state index contributed by atoms with van der Waals surface area (Å²) in [7, 11) is 1.34. The predicted octanol–water partition coefficient (Wildman–Crippen LogP) is 0.546. The van der Waals surface area contributed by atoms with Crippen molar-refractivity contribution in [3.05, 3.63) is 0 Å². The van der Waals surface area contributed by atoms with Crippen LogP contribution in [-0.4, -0.2) is 36.9 Å². The van der Waals surface area contributed by atoms with Crippen molar-refractivity contribution < 1.29 is 14.6 Å². The van der Waals surface area contributed by atoms with E-state index in [0.29, 0.717) is 18.9 Å². The molecule has 0 radical (unpaired) electrons. The molecule has 14 heavy (non-hydrogen) atoms. The van der Waals surface area contributed by atoms with Crippen molar-refractivity contribution in [3.8, 4) is 0 Å². The molecule has 0 aliphatic heterocycles. The van der Waals surface area contributed by atoms with Crippen LogP contribution >= 0.6 is 0 Å². The maximum Gasteiger partial charge on any atom is 0.319 e. The SMILES string of the molecule is COC(=O)CNCC(C)(O)CC(C)C. The third-order valence-corrected chi connectivity index (χ3v) is 1.85. The molecule has 1 unspecified atom stereocenters. The van der Waals surface area contributed by atoms with E-state index in [9.17, 15) is 9.90 Å². The van der Waals surface area contributed by atoms with Gasteiger partial charge in [0.25, 0.3) is 0 Å². The lowest BCUT2D eigenvalue weighted by atomic mass is 9.94. The van der Waals surface area contributed by atoms with Gasteiger partial charge in [-0.05, 0) is 19.3 Å². The van der Waals surface area contributed by atoms with Gasteiger partial charge in [0.05, 0.1) is 19.3 Å². The van der Waals surface area contributed by atoms with Crippen LogP contribution in [0.3, 0.4) is 0 Å². The average Bonchev–Trinajstić information content (AvgIpc) is 2.01. The number of ether oxygens (including phenoxy) is 1. The van der Waals surface area contributed by atoms with E-state index in [0.717, 1.165) is 0 Å². The van der Waals surface area contributed by atoms with Crippen molar-refractivity contribution in [2.45, 2.75) is 32.8 Å². The van der Waals surface area contributed by atoms with Crippen LogP contribution in [0.5, 0.6) is 0 Å². The zero-order chi connectivity index (χ0) is 11.2. The van der Waals surface area contributed by atoms with Crippen LogP contribution < -0.4 is 5.32 Å². The summed E-state index contributed by atoms with van der Waals surface area (Å²) in [4.78, 5) is 10.8. The largest absolute Gasteiger partial charge is 0.468 e. The molecule has 1 atom stereocenters. The molecule has 0 bridgehead atoms. The molecule has 0 spiro atoms. The molecular weight excluding hydrogens is 182 g/mol. The first kappa shape index (κ1) is 13.4. The third-order valence-electron chi connectivity index (χ3n) is 1.85. The van der Waals surface area contributed by atoms with Crippen LogP contribution in [0.2, 0.25) is 0 Å². The number of carbonyl (C=O) groups is 1. The standard InChI is InChI=1S/C10H21NO3/c1-8(2)5-10(3,13)7-11-6-9(12)14-4/h8,11,13H,5-7H2,1-4H3. The number of hydrogen-bond acceptors (Lipinski definition) is 4. The predicted molar refractivity (Wildman–Crippen MR) is 55.0 cm³/mol. The second-order valence-electron chi connectivity index (χ2n) is 4.27. The van der Waals surface area contributed by atoms with Gasteiger partial charge < -0.3 is 15.2 Å². The number of esters is 1. The zero-order valence-corrected chi connectivity index (χ0v) is 9.46. The Hall–Kier alpha value is -0.610. The lowest BCUT2D eigenvalue weighted by Gasteiger charge is -2.25. The zero-order valence-electron chi connectivity index (χ0n) is 9.46. The number of rotatable bonds is 6. The summed E-state index contributed by atoms with van der Waals surface area (Å²) >= 11 is 0. The van der Waals surface area contributed by atoms with Crippen molar-refractivity contribution in [1.29, 1.82) is 0 Å². The Morgan fingerprint density at radius 2 is 2.14 bits per heavy atom. The summed E-state index contributed by atoms with van der Waals surface area (Å²) in [5.41, 5.74) is -0.762. The molecule has 0 aromatic heterocycles. The molecule has 4 nitrogen and oxygen atoms in total. The highest BCUT2D eigenvalue weighted by Crippen LogP contribution is 2.14. The van der Waals surface area contributed by atoms with E-state index in [-0.39, 0.29) is 12.5 Å². The highest BCUT2D eigenvalue weighted by Gasteiger charge is 2.21. The van der Waals surface area contributed by atoms with E-state index in [1.807, 2.05) is 0 Å². The molecule has 2 N–H and O–H groups in total. The van der Waals surface area contributed by atoms with E-state index >= 15 is 0 Å². The summed E-state index contributed by atoms with van der Waals surface area (Å²) in [5.74, 6) is 0.121. The first-order valence-electron chi connectivity index (χ1n) is 4.87. The lowest BCUT2D eigenvalue weighted by Crippen LogP contribution is -2.40. The Morgan fingerprint density at radius 1 is 1.57 bits per heavy atom. The second-order valence-corrected chi connectivity index (χ2v) is 4.27. The van der Waals surface area contributed by atoms with E-state index in [1.54, 1.807) is 6.92 Å². The molecular formula is C10H21NO3. The van der Waals surface area contributed by atoms with Gasteiger partial charge in [0, 0.05) is 6.54 Å². The van der Waals surface area contributed by atoms with Gasteiger partial charge >= 0.3 is 5.97 Å². The van der Waals surface area contributed by atoms with Gasteiger partial charge in [0.1, 0.15) is 0 Å². The van der Waals surface area contributed by atoms with Crippen molar-refractivity contribution in [2.24, 2.45) is 5.92 Å². The van der Waals surface area contributed by atoms with E-state index < -0.39 is 5.60 Å². The van der Waals surface area contributed by atoms with Gasteiger partial charge in [-0.3, -0.25) is 4.79 Å². The molecule has 84 valence electrons. The van der Waals surface area contributed by atoms with Crippen molar-refractivity contribution in [2.75, 3.05) is 20.2 Å². The summed E-state index contributed by atoms with van der Waals surface area (Å²) < 4.78 is 4.46. The fourth-order valence-corrected chi connectivity index (χ4v) is 1.46. The molecule has 4 heteroatoms. The first-order chi connectivity index (χ1) is 6.37. The Bertz CT molecular complexity index is 178. The van der Waals surface area contributed by atoms with Crippen LogP contribution in [0.15, 0.2) is 0 Å². The monoisotopic (exact) mass is 203 g/mol. The topological polar surface area (TPSA) is 58.6 Å². The fraction of sp³-hybridized carbons (Fsp3) is 0.900. The molecule has 0 aromatic rings. The minimum atomic E-state index is -0.762. The highest BCUT2D eigenvalue weighted by atomic mass is 16.5. The van der Waals surface area contributed by atoms with Gasteiger partial charge in [-0.15, -0.1) is 0 Å². The molecule has 0 rings (SSSR count). The van der Waals surface area contributed by atoms with Crippen molar-refractivity contribution >= 4 is 5.97 Å². The van der Waals surface area contributed by atoms with Gasteiger partial charge in [0.15, 0.2) is 0 Å². The summed E-state index contributed by atoms with van der Waals surface area (Å²) in [6.07, 6.45) is 0.709. The highest BCUT2D eigenvalue weighted by molar-refractivity contribution is 5.71. The van der Waals surface area contributed by atoms with Crippen LogP contribution in [0, 0.1) is 5.92 Å². The Kier molecular flexibility index (Phi) is 5.72. The first-order valence-corrected chi connectivity index (χ1v) is 4.87. The Balaban J connectivity index is 3.70. The Labute approximate surface area is 85.6 Å². The van der Waals surface area contributed by atoms with Gasteiger partial charge in [-0.2, -0.15) is 0 Å². The summed E-state index contributed by atoms with van der Waals surface area (Å²) in [6, 6.07) is 0. The summed E-state index contributed by atoms with van der Waals surface area (Å²) in [6.45, 7) is 6.41. The van der Waals surface area contributed by atoms with Gasteiger partial charge in [0.2, 0.25) is 0 Å². The molecule has 0 heterocycles. The maximum atomic E-state index is 10.8. The van der Waals surface area contributed by atoms with Crippen LogP contribution in [0.25, 0.3) is 0 Å². The number of carbonyl (C=O) groups excluding carboxylic acids is 1. The molecule has 0 saturated carbocycles. The molecule has 0 aliphatic rings. The van der Waals surface area contributed by atoms with Crippen LogP contribution in [0.1, 0.15) is 27.2 Å². The molecule has 0 aromatic carbocycles. The number of nitrogens with one attached hydrogen (secondary N) is 1. The van der Waals surface area contributed by atoms with E-state index in [4.69, 9.17) is 0 Å². The third kappa shape index (κ3) is 6.86. The normalized spacial score (nSPS) is 15.3. The molecule has 0 fully saturated rings. The number of aliphatic hydroxyl groups is 1. The fourth-order valence-electron chi connectivity index (χ4n) is 1.46.